The van der Waals surface area contributed by atoms with Gasteiger partial charge in [-0.25, -0.2) is 0 Å². The molecular formula is C13H17ClIN3. The Hall–Kier alpha value is -0.930. The van der Waals surface area contributed by atoms with Crippen LogP contribution in [0.5, 0.6) is 0 Å². The number of hydrogen-bond acceptors (Lipinski definition) is 1. The molecule has 0 bridgehead atoms. The van der Waals surface area contributed by atoms with Crippen molar-refractivity contribution >= 4 is 41.5 Å². The summed E-state index contributed by atoms with van der Waals surface area (Å²) in [5.74, 6) is 3.29. The third-order valence-corrected chi connectivity index (χ3v) is 2.47. The first kappa shape index (κ1) is 17.1. The van der Waals surface area contributed by atoms with Crippen LogP contribution in [0.15, 0.2) is 29.3 Å². The monoisotopic (exact) mass is 377 g/mol. The van der Waals surface area contributed by atoms with E-state index in [1.165, 1.54) is 0 Å². The molecule has 18 heavy (non-hydrogen) atoms. The third-order valence-electron chi connectivity index (χ3n) is 2.23. The van der Waals surface area contributed by atoms with Gasteiger partial charge >= 0.3 is 0 Å². The molecule has 1 rings (SSSR count). The van der Waals surface area contributed by atoms with Crippen LogP contribution in [0, 0.1) is 12.3 Å². The minimum Gasteiger partial charge on any atom is -0.345 e. The highest BCUT2D eigenvalue weighted by molar-refractivity contribution is 14.0. The molecule has 0 spiro atoms. The van der Waals surface area contributed by atoms with Gasteiger partial charge in [0.05, 0.1) is 6.54 Å². The van der Waals surface area contributed by atoms with Crippen LogP contribution >= 0.6 is 35.6 Å². The van der Waals surface area contributed by atoms with E-state index >= 15 is 0 Å². The number of hydrogen-bond donors (Lipinski definition) is 1. The fourth-order valence-electron chi connectivity index (χ4n) is 1.50. The molecule has 1 aromatic rings. The molecule has 0 heterocycles. The zero-order chi connectivity index (χ0) is 12.7. The molecule has 0 amide bonds. The van der Waals surface area contributed by atoms with Gasteiger partial charge in [-0.3, -0.25) is 4.99 Å². The summed E-state index contributed by atoms with van der Waals surface area (Å²) in [7, 11) is 3.68. The van der Waals surface area contributed by atoms with Crippen LogP contribution in [0.3, 0.4) is 0 Å². The summed E-state index contributed by atoms with van der Waals surface area (Å²) in [4.78, 5) is 6.14. The summed E-state index contributed by atoms with van der Waals surface area (Å²) < 4.78 is 0. The van der Waals surface area contributed by atoms with Gasteiger partial charge in [0.1, 0.15) is 0 Å². The number of halogens is 2. The van der Waals surface area contributed by atoms with Crippen molar-refractivity contribution in [2.24, 2.45) is 4.99 Å². The van der Waals surface area contributed by atoms with Crippen molar-refractivity contribution in [2.75, 3.05) is 20.6 Å². The lowest BCUT2D eigenvalue weighted by Crippen LogP contribution is -2.38. The summed E-state index contributed by atoms with van der Waals surface area (Å²) in [6, 6.07) is 7.75. The van der Waals surface area contributed by atoms with E-state index in [9.17, 15) is 0 Å². The van der Waals surface area contributed by atoms with Crippen LogP contribution in [0.25, 0.3) is 0 Å². The molecule has 0 radical (unpaired) electrons. The van der Waals surface area contributed by atoms with Gasteiger partial charge in [-0.15, -0.1) is 30.4 Å². The van der Waals surface area contributed by atoms with Crippen molar-refractivity contribution in [3.63, 3.8) is 0 Å². The largest absolute Gasteiger partial charge is 0.345 e. The lowest BCUT2D eigenvalue weighted by Gasteiger charge is -2.21. The van der Waals surface area contributed by atoms with Crippen molar-refractivity contribution in [2.45, 2.75) is 6.54 Å². The summed E-state index contributed by atoms with van der Waals surface area (Å²) in [6.45, 7) is 1.19. The highest BCUT2D eigenvalue weighted by atomic mass is 127. The normalized spacial score (nSPS) is 10.2. The van der Waals surface area contributed by atoms with E-state index in [2.05, 4.69) is 16.2 Å². The maximum Gasteiger partial charge on any atom is 0.194 e. The first-order chi connectivity index (χ1) is 8.17. The van der Waals surface area contributed by atoms with E-state index in [-0.39, 0.29) is 24.0 Å². The molecule has 0 saturated carbocycles. The van der Waals surface area contributed by atoms with Crippen molar-refractivity contribution in [3.8, 4) is 12.3 Å². The van der Waals surface area contributed by atoms with Crippen molar-refractivity contribution < 1.29 is 0 Å². The molecule has 0 aliphatic carbocycles. The molecular weight excluding hydrogens is 361 g/mol. The van der Waals surface area contributed by atoms with Gasteiger partial charge in [0.2, 0.25) is 0 Å². The zero-order valence-corrected chi connectivity index (χ0v) is 13.6. The second-order valence-electron chi connectivity index (χ2n) is 3.59. The van der Waals surface area contributed by atoms with Crippen molar-refractivity contribution in [1.82, 2.24) is 10.2 Å². The maximum atomic E-state index is 5.93. The van der Waals surface area contributed by atoms with E-state index in [1.54, 1.807) is 7.05 Å². The van der Waals surface area contributed by atoms with E-state index in [0.717, 1.165) is 23.1 Å². The Morgan fingerprint density at radius 2 is 2.28 bits per heavy atom. The summed E-state index contributed by atoms with van der Waals surface area (Å²) >= 11 is 5.93. The molecule has 98 valence electrons. The van der Waals surface area contributed by atoms with Gasteiger partial charge in [-0.2, -0.15) is 0 Å². The van der Waals surface area contributed by atoms with Crippen LogP contribution in [-0.4, -0.2) is 31.5 Å². The molecule has 0 aliphatic heterocycles. The standard InChI is InChI=1S/C13H16ClN3.HI/c1-4-8-16-13(15-2)17(3)10-11-6-5-7-12(14)9-11;/h1,5-7,9H,8,10H2,2-3H3,(H,15,16);1H. The molecule has 0 atom stereocenters. The van der Waals surface area contributed by atoms with E-state index in [0.29, 0.717) is 6.54 Å². The molecule has 0 unspecified atom stereocenters. The van der Waals surface area contributed by atoms with E-state index in [1.807, 2.05) is 36.2 Å². The molecule has 1 aromatic carbocycles. The van der Waals surface area contributed by atoms with Crippen molar-refractivity contribution in [3.05, 3.63) is 34.9 Å². The molecule has 0 fully saturated rings. The van der Waals surface area contributed by atoms with E-state index in [4.69, 9.17) is 18.0 Å². The number of terminal acetylenes is 1. The van der Waals surface area contributed by atoms with E-state index < -0.39 is 0 Å². The third kappa shape index (κ3) is 5.61. The lowest BCUT2D eigenvalue weighted by atomic mass is 10.2. The fraction of sp³-hybridized carbons (Fsp3) is 0.308. The molecule has 3 nitrogen and oxygen atoms in total. The summed E-state index contributed by atoms with van der Waals surface area (Å²) in [5.41, 5.74) is 1.13. The zero-order valence-electron chi connectivity index (χ0n) is 10.5. The minimum absolute atomic E-state index is 0. The molecule has 1 N–H and O–H groups in total. The predicted octanol–water partition coefficient (Wildman–Crippen LogP) is 2.60. The fourth-order valence-corrected chi connectivity index (χ4v) is 1.71. The number of nitrogens with zero attached hydrogens (tertiary/aromatic N) is 2. The van der Waals surface area contributed by atoms with Gasteiger partial charge in [0, 0.05) is 25.7 Å². The summed E-state index contributed by atoms with van der Waals surface area (Å²) in [6.07, 6.45) is 5.20. The Morgan fingerprint density at radius 3 is 2.83 bits per heavy atom. The quantitative estimate of drug-likeness (QED) is 0.379. The number of nitrogens with one attached hydrogen (secondary N) is 1. The number of guanidine groups is 1. The Labute approximate surface area is 131 Å². The maximum absolute atomic E-state index is 5.93. The number of rotatable bonds is 3. The first-order valence-electron chi connectivity index (χ1n) is 5.27. The first-order valence-corrected chi connectivity index (χ1v) is 5.65. The molecule has 0 aromatic heterocycles. The second kappa shape index (κ2) is 9.06. The molecule has 0 aliphatic rings. The minimum atomic E-state index is 0. The topological polar surface area (TPSA) is 27.6 Å². The van der Waals surface area contributed by atoms with Crippen LogP contribution in [-0.2, 0) is 6.54 Å². The summed E-state index contributed by atoms with van der Waals surface area (Å²) in [5, 5.41) is 3.80. The van der Waals surface area contributed by atoms with Gasteiger partial charge < -0.3 is 10.2 Å². The van der Waals surface area contributed by atoms with Gasteiger partial charge in [0.25, 0.3) is 0 Å². The number of aliphatic imine (C=N–C) groups is 1. The van der Waals surface area contributed by atoms with Crippen LogP contribution in [0.2, 0.25) is 5.02 Å². The Morgan fingerprint density at radius 1 is 1.56 bits per heavy atom. The highest BCUT2D eigenvalue weighted by Crippen LogP contribution is 2.12. The number of benzene rings is 1. The van der Waals surface area contributed by atoms with Crippen molar-refractivity contribution in [1.29, 1.82) is 0 Å². The second-order valence-corrected chi connectivity index (χ2v) is 4.03. The lowest BCUT2D eigenvalue weighted by molar-refractivity contribution is 0.481. The van der Waals surface area contributed by atoms with Crippen LogP contribution in [0.1, 0.15) is 5.56 Å². The van der Waals surface area contributed by atoms with Crippen LogP contribution < -0.4 is 5.32 Å². The molecule has 5 heteroatoms. The smallest absolute Gasteiger partial charge is 0.194 e. The van der Waals surface area contributed by atoms with Crippen LogP contribution in [0.4, 0.5) is 0 Å². The average Bonchev–Trinajstić information content (AvgIpc) is 2.30. The highest BCUT2D eigenvalue weighted by Gasteiger charge is 2.05. The van der Waals surface area contributed by atoms with Gasteiger partial charge in [-0.1, -0.05) is 29.7 Å². The average molecular weight is 378 g/mol. The molecule has 0 saturated heterocycles. The Bertz CT molecular complexity index is 440. The predicted molar refractivity (Wildman–Crippen MR) is 88.5 cm³/mol. The van der Waals surface area contributed by atoms with Gasteiger partial charge in [-0.05, 0) is 17.7 Å². The Balaban J connectivity index is 0.00000289. The Kier molecular flexibility index (Phi) is 8.59. The van der Waals surface area contributed by atoms with Gasteiger partial charge in [0.15, 0.2) is 5.96 Å². The SMILES string of the molecule is C#CCNC(=NC)N(C)Cc1cccc(Cl)c1.I.